The van der Waals surface area contributed by atoms with Gasteiger partial charge in [0.1, 0.15) is 0 Å². The van der Waals surface area contributed by atoms with Gasteiger partial charge < -0.3 is 19.7 Å². The van der Waals surface area contributed by atoms with E-state index in [1.807, 2.05) is 6.20 Å². The highest BCUT2D eigenvalue weighted by atomic mass is 79.9. The van der Waals surface area contributed by atoms with Gasteiger partial charge in [0.25, 0.3) is 0 Å². The number of hydrogen-bond donors (Lipinski definition) is 2. The van der Waals surface area contributed by atoms with Crippen LogP contribution >= 0.6 is 15.9 Å². The van der Waals surface area contributed by atoms with Gasteiger partial charge in [0.2, 0.25) is 0 Å². The standard InChI is InChI=1S/C20H21BrN2O3/c1-26-20(25)16-9-23-5-4-12-14-6-10(21)2-3-17(14)22-18(12)19(23)15-8-11(24)7-13(15)16/h2-3,6,9,11,13,15,19,22,24H,4-5,7-8H2,1H3/t11-,13-,15+,19-/m0/s1. The first-order chi connectivity index (χ1) is 12.6. The number of esters is 1. The molecule has 1 saturated carbocycles. The maximum absolute atomic E-state index is 12.3. The van der Waals surface area contributed by atoms with E-state index in [-0.39, 0.29) is 30.0 Å². The van der Waals surface area contributed by atoms with Crippen LogP contribution in [0.3, 0.4) is 0 Å². The number of aromatic amines is 1. The monoisotopic (exact) mass is 416 g/mol. The first-order valence-electron chi connectivity index (χ1n) is 9.10. The first kappa shape index (κ1) is 16.4. The van der Waals surface area contributed by atoms with Gasteiger partial charge in [0.15, 0.2) is 0 Å². The zero-order valence-corrected chi connectivity index (χ0v) is 16.1. The molecule has 0 radical (unpaired) electrons. The van der Waals surface area contributed by atoms with Crippen LogP contribution in [0, 0.1) is 11.8 Å². The van der Waals surface area contributed by atoms with Crippen molar-refractivity contribution < 1.29 is 14.6 Å². The highest BCUT2D eigenvalue weighted by molar-refractivity contribution is 9.10. The summed E-state index contributed by atoms with van der Waals surface area (Å²) < 4.78 is 6.10. The number of nitrogens with zero attached hydrogens (tertiary/aromatic N) is 1. The summed E-state index contributed by atoms with van der Waals surface area (Å²) >= 11 is 3.58. The Morgan fingerprint density at radius 1 is 1.38 bits per heavy atom. The van der Waals surface area contributed by atoms with E-state index < -0.39 is 0 Å². The predicted octanol–water partition coefficient (Wildman–Crippen LogP) is 3.29. The molecule has 1 fully saturated rings. The van der Waals surface area contributed by atoms with Crippen molar-refractivity contribution in [1.82, 2.24) is 9.88 Å². The number of halogens is 1. The quantitative estimate of drug-likeness (QED) is 0.699. The van der Waals surface area contributed by atoms with E-state index in [1.165, 1.54) is 23.8 Å². The van der Waals surface area contributed by atoms with Crippen molar-refractivity contribution in [1.29, 1.82) is 0 Å². The molecule has 2 N–H and O–H groups in total. The summed E-state index contributed by atoms with van der Waals surface area (Å²) in [4.78, 5) is 18.2. The Morgan fingerprint density at radius 2 is 2.23 bits per heavy atom. The van der Waals surface area contributed by atoms with Crippen LogP contribution in [-0.4, -0.2) is 40.7 Å². The molecular weight excluding hydrogens is 396 g/mol. The summed E-state index contributed by atoms with van der Waals surface area (Å²) in [5.41, 5.74) is 4.48. The molecule has 0 saturated heterocycles. The molecular formula is C20H21BrN2O3. The molecule has 5 nitrogen and oxygen atoms in total. The second-order valence-electron chi connectivity index (χ2n) is 7.61. The number of aliphatic hydroxyl groups excluding tert-OH is 1. The van der Waals surface area contributed by atoms with Gasteiger partial charge in [-0.05, 0) is 48.9 Å². The largest absolute Gasteiger partial charge is 0.466 e. The molecule has 26 heavy (non-hydrogen) atoms. The molecule has 136 valence electrons. The van der Waals surface area contributed by atoms with Gasteiger partial charge >= 0.3 is 5.97 Å². The van der Waals surface area contributed by atoms with E-state index in [4.69, 9.17) is 4.74 Å². The number of carbonyl (C=O) groups excluding carboxylic acids is 1. The van der Waals surface area contributed by atoms with E-state index >= 15 is 0 Å². The Labute approximate surface area is 160 Å². The first-order valence-corrected chi connectivity index (χ1v) is 9.90. The van der Waals surface area contributed by atoms with Crippen molar-refractivity contribution in [2.24, 2.45) is 11.8 Å². The third kappa shape index (κ3) is 2.28. The lowest BCUT2D eigenvalue weighted by Gasteiger charge is -2.44. The highest BCUT2D eigenvalue weighted by Gasteiger charge is 2.49. The Balaban J connectivity index is 1.66. The molecule has 2 aromatic rings. The molecule has 4 atom stereocenters. The van der Waals surface area contributed by atoms with E-state index in [0.717, 1.165) is 29.4 Å². The Hall–Kier alpha value is -1.79. The lowest BCUT2D eigenvalue weighted by molar-refractivity contribution is -0.137. The number of ether oxygens (including phenoxy) is 1. The number of benzene rings is 1. The zero-order chi connectivity index (χ0) is 18.0. The minimum Gasteiger partial charge on any atom is -0.466 e. The normalized spacial score (nSPS) is 29.8. The molecule has 3 aliphatic rings. The summed E-state index contributed by atoms with van der Waals surface area (Å²) in [6.07, 6.45) is 3.92. The number of rotatable bonds is 1. The lowest BCUT2D eigenvalue weighted by atomic mass is 9.76. The Bertz CT molecular complexity index is 935. The van der Waals surface area contributed by atoms with Crippen molar-refractivity contribution in [3.63, 3.8) is 0 Å². The SMILES string of the molecule is COC(=O)C1=CN2CCc3c([nH]c4ccc(Br)cc34)[C@@H]2[C@@H]2C[C@@H](O)C[C@H]12. The van der Waals surface area contributed by atoms with Crippen molar-refractivity contribution in [3.8, 4) is 0 Å². The van der Waals surface area contributed by atoms with Gasteiger partial charge in [0, 0.05) is 39.7 Å². The molecule has 5 rings (SSSR count). The molecule has 1 aromatic heterocycles. The second-order valence-corrected chi connectivity index (χ2v) is 8.53. The molecule has 1 aromatic carbocycles. The molecule has 0 spiro atoms. The topological polar surface area (TPSA) is 65.6 Å². The molecule has 0 unspecified atom stereocenters. The van der Waals surface area contributed by atoms with Gasteiger partial charge in [0.05, 0.1) is 24.8 Å². The van der Waals surface area contributed by atoms with Crippen LogP contribution in [0.2, 0.25) is 0 Å². The number of H-pyrrole nitrogens is 1. The van der Waals surface area contributed by atoms with Crippen LogP contribution in [0.4, 0.5) is 0 Å². The van der Waals surface area contributed by atoms with Crippen molar-refractivity contribution in [2.45, 2.75) is 31.4 Å². The van der Waals surface area contributed by atoms with Crippen LogP contribution in [0.1, 0.15) is 30.1 Å². The van der Waals surface area contributed by atoms with Crippen molar-refractivity contribution in [3.05, 3.63) is 45.7 Å². The fourth-order valence-electron chi connectivity index (χ4n) is 5.26. The number of carbonyl (C=O) groups is 1. The van der Waals surface area contributed by atoms with Gasteiger partial charge in [-0.25, -0.2) is 4.79 Å². The number of hydrogen-bond acceptors (Lipinski definition) is 4. The minimum absolute atomic E-state index is 0.0581. The van der Waals surface area contributed by atoms with Crippen molar-refractivity contribution in [2.75, 3.05) is 13.7 Å². The fourth-order valence-corrected chi connectivity index (χ4v) is 5.62. The zero-order valence-electron chi connectivity index (χ0n) is 14.5. The number of aliphatic hydroxyl groups is 1. The van der Waals surface area contributed by atoms with Crippen molar-refractivity contribution >= 4 is 32.8 Å². The number of fused-ring (bicyclic) bond motifs is 7. The number of nitrogens with one attached hydrogen (secondary N) is 1. The number of aromatic nitrogens is 1. The third-order valence-electron chi connectivity index (χ3n) is 6.29. The summed E-state index contributed by atoms with van der Waals surface area (Å²) in [5, 5.41) is 11.6. The van der Waals surface area contributed by atoms with Crippen LogP contribution < -0.4 is 0 Å². The predicted molar refractivity (Wildman–Crippen MR) is 101 cm³/mol. The lowest BCUT2D eigenvalue weighted by Crippen LogP contribution is -2.42. The average Bonchev–Trinajstić information content (AvgIpc) is 3.19. The van der Waals surface area contributed by atoms with E-state index in [1.54, 1.807) is 0 Å². The third-order valence-corrected chi connectivity index (χ3v) is 6.79. The molecule has 0 amide bonds. The van der Waals surface area contributed by atoms with E-state index in [9.17, 15) is 9.90 Å². The Morgan fingerprint density at radius 3 is 3.04 bits per heavy atom. The maximum atomic E-state index is 12.3. The molecule has 2 aliphatic heterocycles. The fraction of sp³-hybridized carbons (Fsp3) is 0.450. The maximum Gasteiger partial charge on any atom is 0.335 e. The highest BCUT2D eigenvalue weighted by Crippen LogP contribution is 2.52. The average molecular weight is 417 g/mol. The van der Waals surface area contributed by atoms with E-state index in [0.29, 0.717) is 12.0 Å². The molecule has 6 heteroatoms. The molecule has 1 aliphatic carbocycles. The van der Waals surface area contributed by atoms with E-state index in [2.05, 4.69) is 44.0 Å². The van der Waals surface area contributed by atoms with Gasteiger partial charge in [-0.15, -0.1) is 0 Å². The van der Waals surface area contributed by atoms with Gasteiger partial charge in [-0.1, -0.05) is 15.9 Å². The van der Waals surface area contributed by atoms with Crippen LogP contribution in [0.25, 0.3) is 10.9 Å². The summed E-state index contributed by atoms with van der Waals surface area (Å²) in [6, 6.07) is 6.53. The number of methoxy groups -OCH3 is 1. The molecule has 3 heterocycles. The Kier molecular flexibility index (Phi) is 3.69. The minimum atomic E-state index is -0.359. The van der Waals surface area contributed by atoms with Crippen LogP contribution in [-0.2, 0) is 16.0 Å². The van der Waals surface area contributed by atoms with Crippen LogP contribution in [0.15, 0.2) is 34.4 Å². The molecule has 0 bridgehead atoms. The van der Waals surface area contributed by atoms with Crippen LogP contribution in [0.5, 0.6) is 0 Å². The van der Waals surface area contributed by atoms with Gasteiger partial charge in [-0.2, -0.15) is 0 Å². The van der Waals surface area contributed by atoms with Gasteiger partial charge in [-0.3, -0.25) is 0 Å². The summed E-state index contributed by atoms with van der Waals surface area (Å²) in [7, 11) is 1.43. The smallest absolute Gasteiger partial charge is 0.335 e. The summed E-state index contributed by atoms with van der Waals surface area (Å²) in [5.74, 6) is 0.0152. The summed E-state index contributed by atoms with van der Waals surface area (Å²) in [6.45, 7) is 0.872. The second kappa shape index (κ2) is 5.86.